The van der Waals surface area contributed by atoms with Crippen LogP contribution in [0.2, 0.25) is 0 Å². The molecule has 0 radical (unpaired) electrons. The monoisotopic (exact) mass is 451 g/mol. The van der Waals surface area contributed by atoms with E-state index in [0.717, 1.165) is 27.8 Å². The van der Waals surface area contributed by atoms with Crippen molar-refractivity contribution in [2.75, 3.05) is 11.9 Å². The van der Waals surface area contributed by atoms with Gasteiger partial charge in [0, 0.05) is 11.6 Å². The Balaban J connectivity index is 1.41. The molecule has 7 nitrogen and oxygen atoms in total. The number of hydrogen-bond acceptors (Lipinski definition) is 7. The Morgan fingerprint density at radius 2 is 1.97 bits per heavy atom. The van der Waals surface area contributed by atoms with Crippen LogP contribution in [0.15, 0.2) is 71.1 Å². The second-order valence-electron chi connectivity index (χ2n) is 6.50. The van der Waals surface area contributed by atoms with Crippen LogP contribution < -0.4 is 10.1 Å². The van der Waals surface area contributed by atoms with Gasteiger partial charge in [0.15, 0.2) is 5.13 Å². The topological polar surface area (TPSA) is 88.6 Å². The van der Waals surface area contributed by atoms with Gasteiger partial charge in [0.25, 0.3) is 11.1 Å². The molecular formula is C22H17N3O4S2. The number of anilines is 1. The molecule has 1 fully saturated rings. The van der Waals surface area contributed by atoms with E-state index < -0.39 is 17.1 Å². The summed E-state index contributed by atoms with van der Waals surface area (Å²) in [4.78, 5) is 42.2. The number of hydrogen-bond donors (Lipinski definition) is 1. The van der Waals surface area contributed by atoms with Crippen molar-refractivity contribution in [1.29, 1.82) is 0 Å². The Bertz CT molecular complexity index is 1130. The SMILES string of the molecule is O=C(CN1C(=O)S/C(=C\c2cccc(OCc3ccccc3)c2)C1=O)Nc1nccs1. The van der Waals surface area contributed by atoms with Gasteiger partial charge < -0.3 is 10.1 Å². The molecule has 0 spiro atoms. The van der Waals surface area contributed by atoms with Crippen LogP contribution in [0.5, 0.6) is 5.75 Å². The molecule has 2 aromatic carbocycles. The minimum absolute atomic E-state index is 0.257. The molecule has 1 aliphatic heterocycles. The van der Waals surface area contributed by atoms with Crippen molar-refractivity contribution in [2.45, 2.75) is 6.61 Å². The van der Waals surface area contributed by atoms with Crippen molar-refractivity contribution < 1.29 is 19.1 Å². The Morgan fingerprint density at radius 1 is 1.13 bits per heavy atom. The molecule has 0 aliphatic carbocycles. The molecule has 1 N–H and O–H groups in total. The zero-order valence-corrected chi connectivity index (χ0v) is 17.8. The van der Waals surface area contributed by atoms with Gasteiger partial charge in [-0.1, -0.05) is 42.5 Å². The first kappa shape index (κ1) is 20.8. The number of nitrogens with one attached hydrogen (secondary N) is 1. The molecule has 0 atom stereocenters. The van der Waals surface area contributed by atoms with Crippen LogP contribution in [0.25, 0.3) is 6.08 Å². The minimum atomic E-state index is -0.500. The fourth-order valence-electron chi connectivity index (χ4n) is 2.81. The molecule has 9 heteroatoms. The number of carbonyl (C=O) groups is 3. The molecule has 156 valence electrons. The van der Waals surface area contributed by atoms with Crippen LogP contribution in [-0.2, 0) is 16.2 Å². The molecule has 0 bridgehead atoms. The third kappa shape index (κ3) is 5.39. The molecule has 0 unspecified atom stereocenters. The number of ether oxygens (including phenoxy) is 1. The van der Waals surface area contributed by atoms with Gasteiger partial charge in [-0.05, 0) is 41.1 Å². The zero-order chi connectivity index (χ0) is 21.6. The Kier molecular flexibility index (Phi) is 6.44. The van der Waals surface area contributed by atoms with E-state index in [9.17, 15) is 14.4 Å². The number of aromatic nitrogens is 1. The highest BCUT2D eigenvalue weighted by Crippen LogP contribution is 2.32. The fourth-order valence-corrected chi connectivity index (χ4v) is 4.19. The van der Waals surface area contributed by atoms with Crippen LogP contribution in [0.4, 0.5) is 9.93 Å². The fraction of sp³-hybridized carbons (Fsp3) is 0.0909. The highest BCUT2D eigenvalue weighted by atomic mass is 32.2. The van der Waals surface area contributed by atoms with Gasteiger partial charge >= 0.3 is 0 Å². The van der Waals surface area contributed by atoms with Gasteiger partial charge in [0.05, 0.1) is 4.91 Å². The number of thioether (sulfide) groups is 1. The Labute approximate surface area is 186 Å². The predicted octanol–water partition coefficient (Wildman–Crippen LogP) is 4.40. The van der Waals surface area contributed by atoms with E-state index >= 15 is 0 Å². The standard InChI is InChI=1S/C22H17N3O4S2/c26-19(24-21-23-9-10-30-21)13-25-20(27)18(31-22(25)28)12-16-7-4-8-17(11-16)29-14-15-5-2-1-3-6-15/h1-12H,13-14H2,(H,23,24,26)/b18-12-. The van der Waals surface area contributed by atoms with E-state index in [1.165, 1.54) is 11.3 Å². The molecule has 4 rings (SSSR count). The van der Waals surface area contributed by atoms with Crippen molar-refractivity contribution in [2.24, 2.45) is 0 Å². The molecule has 1 aliphatic rings. The van der Waals surface area contributed by atoms with Crippen LogP contribution in [0.1, 0.15) is 11.1 Å². The van der Waals surface area contributed by atoms with Crippen LogP contribution in [0, 0.1) is 0 Å². The summed E-state index contributed by atoms with van der Waals surface area (Å²) < 4.78 is 5.81. The molecule has 3 aromatic rings. The van der Waals surface area contributed by atoms with E-state index in [4.69, 9.17) is 4.74 Å². The average molecular weight is 452 g/mol. The van der Waals surface area contributed by atoms with E-state index in [2.05, 4.69) is 10.3 Å². The number of carbonyl (C=O) groups excluding carboxylic acids is 3. The third-order valence-corrected chi connectivity index (χ3v) is 5.85. The van der Waals surface area contributed by atoms with Crippen molar-refractivity contribution >= 4 is 51.4 Å². The number of rotatable bonds is 7. The quantitative estimate of drug-likeness (QED) is 0.536. The van der Waals surface area contributed by atoms with Gasteiger partial charge in [-0.2, -0.15) is 0 Å². The largest absolute Gasteiger partial charge is 0.489 e. The normalized spacial score (nSPS) is 14.8. The first-order chi connectivity index (χ1) is 15.1. The van der Waals surface area contributed by atoms with Crippen molar-refractivity contribution in [3.05, 3.63) is 82.2 Å². The zero-order valence-electron chi connectivity index (χ0n) is 16.2. The summed E-state index contributed by atoms with van der Waals surface area (Å²) in [7, 11) is 0. The van der Waals surface area contributed by atoms with Gasteiger partial charge in [0.2, 0.25) is 5.91 Å². The first-order valence-corrected chi connectivity index (χ1v) is 11.0. The Morgan fingerprint density at radius 3 is 2.74 bits per heavy atom. The first-order valence-electron chi connectivity index (χ1n) is 9.30. The molecule has 1 saturated heterocycles. The van der Waals surface area contributed by atoms with E-state index in [1.54, 1.807) is 23.7 Å². The van der Waals surface area contributed by atoms with Crippen molar-refractivity contribution in [3.63, 3.8) is 0 Å². The second kappa shape index (κ2) is 9.59. The molecule has 31 heavy (non-hydrogen) atoms. The Hall–Kier alpha value is -3.43. The minimum Gasteiger partial charge on any atom is -0.489 e. The highest BCUT2D eigenvalue weighted by molar-refractivity contribution is 8.18. The highest BCUT2D eigenvalue weighted by Gasteiger charge is 2.36. The van der Waals surface area contributed by atoms with E-state index in [-0.39, 0.29) is 11.4 Å². The summed E-state index contributed by atoms with van der Waals surface area (Å²) in [6, 6.07) is 17.1. The predicted molar refractivity (Wildman–Crippen MR) is 121 cm³/mol. The summed E-state index contributed by atoms with van der Waals surface area (Å²) in [5.41, 5.74) is 1.77. The number of amides is 3. The second-order valence-corrected chi connectivity index (χ2v) is 8.39. The van der Waals surface area contributed by atoms with Crippen LogP contribution in [0.3, 0.4) is 0 Å². The lowest BCUT2D eigenvalue weighted by Gasteiger charge is -2.11. The molecule has 3 amide bonds. The number of nitrogens with zero attached hydrogens (tertiary/aromatic N) is 2. The maximum atomic E-state index is 12.6. The third-order valence-electron chi connectivity index (χ3n) is 4.26. The smallest absolute Gasteiger partial charge is 0.294 e. The summed E-state index contributed by atoms with van der Waals surface area (Å²) in [6.45, 7) is 0.0663. The van der Waals surface area contributed by atoms with Gasteiger partial charge in [0.1, 0.15) is 18.9 Å². The van der Waals surface area contributed by atoms with Crippen molar-refractivity contribution in [3.8, 4) is 5.75 Å². The van der Waals surface area contributed by atoms with Gasteiger partial charge in [-0.25, -0.2) is 4.98 Å². The summed E-state index contributed by atoms with van der Waals surface area (Å²) in [5.74, 6) is -0.325. The lowest BCUT2D eigenvalue weighted by atomic mass is 10.2. The molecule has 2 heterocycles. The number of thiazole rings is 1. The number of benzene rings is 2. The van der Waals surface area contributed by atoms with Crippen LogP contribution in [-0.4, -0.2) is 33.5 Å². The van der Waals surface area contributed by atoms with E-state index in [1.807, 2.05) is 48.5 Å². The van der Waals surface area contributed by atoms with Crippen molar-refractivity contribution in [1.82, 2.24) is 9.88 Å². The summed E-state index contributed by atoms with van der Waals surface area (Å²) >= 11 is 2.06. The molecule has 0 saturated carbocycles. The van der Waals surface area contributed by atoms with E-state index in [0.29, 0.717) is 17.5 Å². The maximum absolute atomic E-state index is 12.6. The lowest BCUT2D eigenvalue weighted by molar-refractivity contribution is -0.127. The molecular weight excluding hydrogens is 434 g/mol. The van der Waals surface area contributed by atoms with Gasteiger partial charge in [-0.15, -0.1) is 11.3 Å². The average Bonchev–Trinajstić information content (AvgIpc) is 3.37. The summed E-state index contributed by atoms with van der Waals surface area (Å²) in [5, 5.41) is 4.22. The van der Waals surface area contributed by atoms with Gasteiger partial charge in [-0.3, -0.25) is 19.3 Å². The maximum Gasteiger partial charge on any atom is 0.294 e. The lowest BCUT2D eigenvalue weighted by Crippen LogP contribution is -2.36. The summed E-state index contributed by atoms with van der Waals surface area (Å²) in [6.07, 6.45) is 3.18. The van der Waals surface area contributed by atoms with Crippen LogP contribution >= 0.6 is 23.1 Å². The number of imide groups is 1. The molecule has 1 aromatic heterocycles.